The van der Waals surface area contributed by atoms with E-state index in [1.807, 2.05) is 0 Å². The highest BCUT2D eigenvalue weighted by Crippen LogP contribution is 2.10. The molecule has 0 spiro atoms. The molecule has 16 heavy (non-hydrogen) atoms. The van der Waals surface area contributed by atoms with Gasteiger partial charge in [0.15, 0.2) is 0 Å². The van der Waals surface area contributed by atoms with Crippen LogP contribution in [-0.4, -0.2) is 0 Å². The summed E-state index contributed by atoms with van der Waals surface area (Å²) >= 11 is 0. The topological polar surface area (TPSA) is 0 Å². The van der Waals surface area contributed by atoms with Crippen LogP contribution in [0.3, 0.4) is 0 Å². The molecule has 0 saturated heterocycles. The van der Waals surface area contributed by atoms with Gasteiger partial charge in [-0.05, 0) is 30.4 Å². The minimum Gasteiger partial charge on any atom is -0.0839 e. The molecular formula is C16H24. The zero-order valence-corrected chi connectivity index (χ0v) is 10.7. The molecule has 0 aliphatic carbocycles. The minimum absolute atomic E-state index is 1.20. The minimum atomic E-state index is 1.20. The van der Waals surface area contributed by atoms with Crippen molar-refractivity contribution in [2.75, 3.05) is 0 Å². The second-order valence-corrected chi connectivity index (χ2v) is 4.39. The van der Waals surface area contributed by atoms with Crippen molar-refractivity contribution < 1.29 is 0 Å². The summed E-state index contributed by atoms with van der Waals surface area (Å²) in [6.45, 7) is 4.47. The molecule has 0 N–H and O–H groups in total. The van der Waals surface area contributed by atoms with Gasteiger partial charge >= 0.3 is 0 Å². The second kappa shape index (κ2) is 8.15. The fourth-order valence-electron chi connectivity index (χ4n) is 1.72. The molecule has 1 rings (SSSR count). The lowest BCUT2D eigenvalue weighted by molar-refractivity contribution is 0.795. The molecule has 0 unspecified atom stereocenters. The predicted octanol–water partition coefficient (Wildman–Crippen LogP) is 5.23. The van der Waals surface area contributed by atoms with E-state index in [1.165, 1.54) is 49.7 Å². The Bertz CT molecular complexity index is 292. The zero-order valence-electron chi connectivity index (χ0n) is 10.7. The lowest BCUT2D eigenvalue weighted by Crippen LogP contribution is -1.84. The van der Waals surface area contributed by atoms with Crippen LogP contribution < -0.4 is 0 Å². The normalized spacial score (nSPS) is 11.1. The molecule has 0 amide bonds. The number of allylic oxidation sites excluding steroid dienone is 1. The van der Waals surface area contributed by atoms with Crippen molar-refractivity contribution in [3.63, 3.8) is 0 Å². The van der Waals surface area contributed by atoms with E-state index in [0.29, 0.717) is 0 Å². The third-order valence-corrected chi connectivity index (χ3v) is 2.83. The fraction of sp³-hybridized carbons (Fsp3) is 0.500. The molecule has 0 atom stereocenters. The molecule has 0 nitrogen and oxygen atoms in total. The van der Waals surface area contributed by atoms with Crippen LogP contribution in [0.25, 0.3) is 6.08 Å². The van der Waals surface area contributed by atoms with Crippen molar-refractivity contribution >= 4 is 6.08 Å². The third-order valence-electron chi connectivity index (χ3n) is 2.83. The first-order valence-electron chi connectivity index (χ1n) is 6.62. The maximum atomic E-state index is 2.28. The molecule has 0 fully saturated rings. The monoisotopic (exact) mass is 216 g/mol. The highest BCUT2D eigenvalue weighted by Gasteiger charge is 1.92. The van der Waals surface area contributed by atoms with Gasteiger partial charge in [0.2, 0.25) is 0 Å². The molecule has 0 aliphatic rings. The van der Waals surface area contributed by atoms with Crippen molar-refractivity contribution in [1.29, 1.82) is 0 Å². The SMILES string of the molecule is CCCC/C=C\c1ccc(CCCC)cc1. The van der Waals surface area contributed by atoms with Crippen LogP contribution in [0.4, 0.5) is 0 Å². The van der Waals surface area contributed by atoms with E-state index in [1.54, 1.807) is 0 Å². The zero-order chi connectivity index (χ0) is 11.6. The van der Waals surface area contributed by atoms with Gasteiger partial charge in [-0.2, -0.15) is 0 Å². The van der Waals surface area contributed by atoms with Crippen LogP contribution in [0.15, 0.2) is 30.3 Å². The van der Waals surface area contributed by atoms with Crippen molar-refractivity contribution in [1.82, 2.24) is 0 Å². The summed E-state index contributed by atoms with van der Waals surface area (Å²) in [6, 6.07) is 8.98. The second-order valence-electron chi connectivity index (χ2n) is 4.39. The van der Waals surface area contributed by atoms with Gasteiger partial charge in [0.25, 0.3) is 0 Å². The van der Waals surface area contributed by atoms with Crippen LogP contribution in [0.5, 0.6) is 0 Å². The first-order chi connectivity index (χ1) is 7.86. The predicted molar refractivity (Wildman–Crippen MR) is 73.6 cm³/mol. The van der Waals surface area contributed by atoms with Gasteiger partial charge < -0.3 is 0 Å². The van der Waals surface area contributed by atoms with Gasteiger partial charge in [-0.15, -0.1) is 0 Å². The maximum absolute atomic E-state index is 2.28. The van der Waals surface area contributed by atoms with Crippen LogP contribution in [0.2, 0.25) is 0 Å². The molecule has 0 heterocycles. The van der Waals surface area contributed by atoms with Gasteiger partial charge in [-0.25, -0.2) is 0 Å². The average Bonchev–Trinajstić information content (AvgIpc) is 2.33. The maximum Gasteiger partial charge on any atom is -0.0260 e. The highest BCUT2D eigenvalue weighted by molar-refractivity contribution is 5.49. The van der Waals surface area contributed by atoms with Gasteiger partial charge in [0, 0.05) is 0 Å². The van der Waals surface area contributed by atoms with E-state index in [4.69, 9.17) is 0 Å². The molecule has 0 saturated carbocycles. The Kier molecular flexibility index (Phi) is 6.64. The molecule has 88 valence electrons. The Labute approximate surface area is 100 Å². The highest BCUT2D eigenvalue weighted by atomic mass is 14.0. The van der Waals surface area contributed by atoms with Crippen molar-refractivity contribution in [2.24, 2.45) is 0 Å². The van der Waals surface area contributed by atoms with E-state index in [9.17, 15) is 0 Å². The van der Waals surface area contributed by atoms with E-state index in [2.05, 4.69) is 50.3 Å². The molecule has 0 aromatic heterocycles. The van der Waals surface area contributed by atoms with Crippen LogP contribution in [0.1, 0.15) is 57.1 Å². The van der Waals surface area contributed by atoms with Crippen LogP contribution in [-0.2, 0) is 6.42 Å². The standard InChI is InChI=1S/C16H24/c1-3-5-7-8-10-16-13-11-15(12-14-16)9-6-4-2/h8,10-14H,3-7,9H2,1-2H3/b10-8-. The first-order valence-corrected chi connectivity index (χ1v) is 6.62. The summed E-state index contributed by atoms with van der Waals surface area (Å²) in [6.07, 6.45) is 12.1. The molecule has 0 heteroatoms. The van der Waals surface area contributed by atoms with Crippen LogP contribution in [0, 0.1) is 0 Å². The molecule has 1 aromatic rings. The lowest BCUT2D eigenvalue weighted by atomic mass is 10.1. The van der Waals surface area contributed by atoms with E-state index in [-0.39, 0.29) is 0 Å². The number of rotatable bonds is 7. The number of hydrogen-bond acceptors (Lipinski definition) is 0. The van der Waals surface area contributed by atoms with E-state index >= 15 is 0 Å². The number of benzene rings is 1. The summed E-state index contributed by atoms with van der Waals surface area (Å²) < 4.78 is 0. The third kappa shape index (κ3) is 5.16. The molecular weight excluding hydrogens is 192 g/mol. The Morgan fingerprint density at radius 3 is 2.25 bits per heavy atom. The van der Waals surface area contributed by atoms with Gasteiger partial charge in [-0.1, -0.05) is 69.5 Å². The summed E-state index contributed by atoms with van der Waals surface area (Å²) in [5, 5.41) is 0. The number of hydrogen-bond donors (Lipinski definition) is 0. The average molecular weight is 216 g/mol. The van der Waals surface area contributed by atoms with Crippen LogP contribution >= 0.6 is 0 Å². The molecule has 0 aliphatic heterocycles. The molecule has 0 bridgehead atoms. The Morgan fingerprint density at radius 2 is 1.62 bits per heavy atom. The Balaban J connectivity index is 2.41. The summed E-state index contributed by atoms with van der Waals surface area (Å²) in [7, 11) is 0. The van der Waals surface area contributed by atoms with Gasteiger partial charge in [0.05, 0.1) is 0 Å². The van der Waals surface area contributed by atoms with Crippen molar-refractivity contribution in [3.05, 3.63) is 41.5 Å². The van der Waals surface area contributed by atoms with Crippen molar-refractivity contribution in [2.45, 2.75) is 52.4 Å². The Hall–Kier alpha value is -1.04. The number of unbranched alkanes of at least 4 members (excludes halogenated alkanes) is 3. The fourth-order valence-corrected chi connectivity index (χ4v) is 1.72. The largest absolute Gasteiger partial charge is 0.0839 e. The van der Waals surface area contributed by atoms with E-state index in [0.717, 1.165) is 0 Å². The first kappa shape index (κ1) is 13.0. The van der Waals surface area contributed by atoms with Crippen molar-refractivity contribution in [3.8, 4) is 0 Å². The smallest absolute Gasteiger partial charge is 0.0260 e. The van der Waals surface area contributed by atoms with E-state index < -0.39 is 0 Å². The molecule has 1 aromatic carbocycles. The summed E-state index contributed by atoms with van der Waals surface area (Å²) in [5.74, 6) is 0. The number of aryl methyl sites for hydroxylation is 1. The van der Waals surface area contributed by atoms with Gasteiger partial charge in [-0.3, -0.25) is 0 Å². The summed E-state index contributed by atoms with van der Waals surface area (Å²) in [4.78, 5) is 0. The summed E-state index contributed by atoms with van der Waals surface area (Å²) in [5.41, 5.74) is 2.80. The Morgan fingerprint density at radius 1 is 0.938 bits per heavy atom. The quantitative estimate of drug-likeness (QED) is 0.547. The molecule has 0 radical (unpaired) electrons. The lowest BCUT2D eigenvalue weighted by Gasteiger charge is -2.00. The van der Waals surface area contributed by atoms with Gasteiger partial charge in [0.1, 0.15) is 0 Å².